The lowest BCUT2D eigenvalue weighted by Gasteiger charge is -2.02. The minimum atomic E-state index is -1.02. The van der Waals surface area contributed by atoms with Crippen LogP contribution in [0.5, 0.6) is 5.75 Å². The molecular formula is C9H6ClNO3S. The van der Waals surface area contributed by atoms with E-state index in [9.17, 15) is 4.79 Å². The summed E-state index contributed by atoms with van der Waals surface area (Å²) in [6.07, 6.45) is 0. The van der Waals surface area contributed by atoms with Gasteiger partial charge in [0.25, 0.3) is 0 Å². The average molecular weight is 244 g/mol. The number of hydrogen-bond donors (Lipinski definition) is 1. The van der Waals surface area contributed by atoms with E-state index in [-0.39, 0.29) is 6.61 Å². The van der Waals surface area contributed by atoms with Crippen LogP contribution in [-0.4, -0.2) is 22.7 Å². The van der Waals surface area contributed by atoms with Crippen molar-refractivity contribution in [2.75, 3.05) is 6.61 Å². The number of aromatic nitrogens is 1. The van der Waals surface area contributed by atoms with Gasteiger partial charge in [-0.3, -0.25) is 0 Å². The highest BCUT2D eigenvalue weighted by Gasteiger charge is 2.08. The molecule has 6 heteroatoms. The first kappa shape index (κ1) is 10.2. The van der Waals surface area contributed by atoms with Gasteiger partial charge < -0.3 is 9.84 Å². The van der Waals surface area contributed by atoms with Crippen molar-refractivity contribution in [2.45, 2.75) is 0 Å². The summed E-state index contributed by atoms with van der Waals surface area (Å²) in [4.78, 5) is 14.4. The summed E-state index contributed by atoms with van der Waals surface area (Å²) < 4.78 is 6.37. The van der Waals surface area contributed by atoms with Crippen molar-refractivity contribution in [3.05, 3.63) is 22.7 Å². The van der Waals surface area contributed by atoms with E-state index in [1.807, 2.05) is 6.07 Å². The quantitative estimate of drug-likeness (QED) is 0.899. The highest BCUT2D eigenvalue weighted by Crippen LogP contribution is 2.31. The predicted molar refractivity (Wildman–Crippen MR) is 57.8 cm³/mol. The minimum absolute atomic E-state index is 0.381. The van der Waals surface area contributed by atoms with Crippen molar-refractivity contribution >= 4 is 39.1 Å². The number of carbonyl (C=O) groups is 1. The summed E-state index contributed by atoms with van der Waals surface area (Å²) >= 11 is 7.08. The second-order valence-corrected chi connectivity index (χ2v) is 4.36. The summed E-state index contributed by atoms with van der Waals surface area (Å²) in [5, 5.41) is 8.48. The maximum atomic E-state index is 10.3. The lowest BCUT2D eigenvalue weighted by molar-refractivity contribution is -0.139. The molecular weight excluding hydrogens is 238 g/mol. The third kappa shape index (κ3) is 2.19. The minimum Gasteiger partial charge on any atom is -0.480 e. The van der Waals surface area contributed by atoms with Crippen LogP contribution in [-0.2, 0) is 4.79 Å². The van der Waals surface area contributed by atoms with Gasteiger partial charge in [0.1, 0.15) is 11.3 Å². The van der Waals surface area contributed by atoms with Crippen molar-refractivity contribution in [2.24, 2.45) is 0 Å². The Hall–Kier alpha value is -1.33. The van der Waals surface area contributed by atoms with Gasteiger partial charge in [0.2, 0.25) is 0 Å². The van der Waals surface area contributed by atoms with Crippen LogP contribution >= 0.6 is 22.9 Å². The molecule has 2 rings (SSSR count). The van der Waals surface area contributed by atoms with Gasteiger partial charge >= 0.3 is 5.97 Å². The van der Waals surface area contributed by atoms with Crippen molar-refractivity contribution in [1.29, 1.82) is 0 Å². The number of aliphatic carboxylic acids is 1. The number of hydrogen-bond acceptors (Lipinski definition) is 4. The normalized spacial score (nSPS) is 10.5. The van der Waals surface area contributed by atoms with E-state index in [0.29, 0.717) is 15.7 Å². The van der Waals surface area contributed by atoms with Crippen molar-refractivity contribution in [3.63, 3.8) is 0 Å². The number of fused-ring (bicyclic) bond motifs is 1. The second-order valence-electron chi connectivity index (χ2n) is 2.75. The fraction of sp³-hybridized carbons (Fsp3) is 0.111. The number of para-hydroxylation sites is 1. The molecule has 15 heavy (non-hydrogen) atoms. The van der Waals surface area contributed by atoms with E-state index in [4.69, 9.17) is 21.4 Å². The zero-order valence-electron chi connectivity index (χ0n) is 7.44. The molecule has 1 aromatic heterocycles. The number of halogens is 1. The molecule has 0 saturated carbocycles. The Labute approximate surface area is 94.1 Å². The molecule has 0 bridgehead atoms. The van der Waals surface area contributed by atoms with E-state index in [1.165, 1.54) is 11.3 Å². The molecule has 0 saturated heterocycles. The van der Waals surface area contributed by atoms with Crippen LogP contribution in [0.3, 0.4) is 0 Å². The molecule has 1 aromatic carbocycles. The molecule has 0 aliphatic carbocycles. The topological polar surface area (TPSA) is 59.4 Å². The average Bonchev–Trinajstić information content (AvgIpc) is 2.55. The smallest absolute Gasteiger partial charge is 0.341 e. The Morgan fingerprint density at radius 2 is 2.40 bits per heavy atom. The number of nitrogens with zero attached hydrogens (tertiary/aromatic N) is 1. The van der Waals surface area contributed by atoms with Crippen LogP contribution < -0.4 is 4.74 Å². The van der Waals surface area contributed by atoms with E-state index in [2.05, 4.69) is 4.98 Å². The molecule has 78 valence electrons. The third-order valence-electron chi connectivity index (χ3n) is 1.71. The number of carboxylic acid groups (broad SMARTS) is 1. The molecule has 0 fully saturated rings. The van der Waals surface area contributed by atoms with Crippen molar-refractivity contribution < 1.29 is 14.6 Å². The molecule has 0 aliphatic heterocycles. The van der Waals surface area contributed by atoms with E-state index >= 15 is 0 Å². The summed E-state index contributed by atoms with van der Waals surface area (Å²) in [5.74, 6) is -0.577. The maximum Gasteiger partial charge on any atom is 0.341 e. The Bertz CT molecular complexity index is 511. The Balaban J connectivity index is 2.37. The van der Waals surface area contributed by atoms with Crippen LogP contribution in [0.4, 0.5) is 0 Å². The summed E-state index contributed by atoms with van der Waals surface area (Å²) in [6.45, 7) is -0.381. The number of carboxylic acids is 1. The van der Waals surface area contributed by atoms with Crippen molar-refractivity contribution in [3.8, 4) is 5.75 Å². The summed E-state index contributed by atoms with van der Waals surface area (Å²) in [6, 6.07) is 5.29. The van der Waals surface area contributed by atoms with Crippen LogP contribution in [0.25, 0.3) is 10.2 Å². The first-order chi connectivity index (χ1) is 7.16. The molecule has 0 spiro atoms. The third-order valence-corrected chi connectivity index (χ3v) is 2.83. The Morgan fingerprint density at radius 3 is 3.13 bits per heavy atom. The fourth-order valence-corrected chi connectivity index (χ4v) is 2.19. The maximum absolute atomic E-state index is 10.3. The van der Waals surface area contributed by atoms with Gasteiger partial charge in [-0.1, -0.05) is 17.7 Å². The SMILES string of the molecule is O=C(O)COc1cccc2sc(Cl)nc12. The first-order valence-corrected chi connectivity index (χ1v) is 5.26. The number of thiazole rings is 1. The van der Waals surface area contributed by atoms with Gasteiger partial charge in [0.05, 0.1) is 4.70 Å². The molecule has 0 radical (unpaired) electrons. The van der Waals surface area contributed by atoms with Crippen LogP contribution in [0, 0.1) is 0 Å². The Morgan fingerprint density at radius 1 is 1.60 bits per heavy atom. The molecule has 0 aliphatic rings. The molecule has 0 amide bonds. The zero-order valence-corrected chi connectivity index (χ0v) is 9.01. The first-order valence-electron chi connectivity index (χ1n) is 4.06. The number of ether oxygens (including phenoxy) is 1. The zero-order chi connectivity index (χ0) is 10.8. The van der Waals surface area contributed by atoms with E-state index in [1.54, 1.807) is 12.1 Å². The second kappa shape index (κ2) is 4.04. The highest BCUT2D eigenvalue weighted by molar-refractivity contribution is 7.22. The standard InChI is InChI=1S/C9H6ClNO3S/c10-9-11-8-5(14-4-7(12)13)2-1-3-6(8)15-9/h1-3H,4H2,(H,12,13). The van der Waals surface area contributed by atoms with Gasteiger partial charge in [-0.2, -0.15) is 0 Å². The highest BCUT2D eigenvalue weighted by atomic mass is 35.5. The Kier molecular flexibility index (Phi) is 2.75. The largest absolute Gasteiger partial charge is 0.480 e. The van der Waals surface area contributed by atoms with Gasteiger partial charge in [-0.25, -0.2) is 9.78 Å². The number of rotatable bonds is 3. The van der Waals surface area contributed by atoms with Crippen LogP contribution in [0.15, 0.2) is 18.2 Å². The fourth-order valence-electron chi connectivity index (χ4n) is 1.15. The summed E-state index contributed by atoms with van der Waals surface area (Å²) in [7, 11) is 0. The molecule has 4 nitrogen and oxygen atoms in total. The number of benzene rings is 1. The van der Waals surface area contributed by atoms with Gasteiger partial charge in [0, 0.05) is 0 Å². The van der Waals surface area contributed by atoms with E-state index < -0.39 is 5.97 Å². The van der Waals surface area contributed by atoms with Crippen LogP contribution in [0.2, 0.25) is 4.47 Å². The van der Waals surface area contributed by atoms with Gasteiger partial charge in [-0.05, 0) is 12.1 Å². The predicted octanol–water partition coefficient (Wildman–Crippen LogP) is 2.41. The molecule has 2 aromatic rings. The molecule has 0 atom stereocenters. The molecule has 1 heterocycles. The van der Waals surface area contributed by atoms with Crippen LogP contribution in [0.1, 0.15) is 0 Å². The lowest BCUT2D eigenvalue weighted by atomic mass is 10.3. The monoisotopic (exact) mass is 243 g/mol. The summed E-state index contributed by atoms with van der Waals surface area (Å²) in [5.41, 5.74) is 0.605. The van der Waals surface area contributed by atoms with Gasteiger partial charge in [-0.15, -0.1) is 11.3 Å². The molecule has 0 unspecified atom stereocenters. The molecule has 1 N–H and O–H groups in total. The van der Waals surface area contributed by atoms with Crippen molar-refractivity contribution in [1.82, 2.24) is 4.98 Å². The van der Waals surface area contributed by atoms with E-state index in [0.717, 1.165) is 4.70 Å². The van der Waals surface area contributed by atoms with Gasteiger partial charge in [0.15, 0.2) is 11.1 Å². The lowest BCUT2D eigenvalue weighted by Crippen LogP contribution is -2.09.